The molecule has 1 aromatic carbocycles. The molecule has 3 rings (SSSR count). The van der Waals surface area contributed by atoms with Crippen LogP contribution in [0.15, 0.2) is 47.8 Å². The molecule has 1 unspecified atom stereocenters. The maximum absolute atomic E-state index is 12.7. The van der Waals surface area contributed by atoms with E-state index in [-0.39, 0.29) is 6.03 Å². The van der Waals surface area contributed by atoms with Crippen LogP contribution in [0.5, 0.6) is 5.75 Å². The summed E-state index contributed by atoms with van der Waals surface area (Å²) in [5.41, 5.74) is 7.51. The Bertz CT molecular complexity index is 872. The topological polar surface area (TPSA) is 93.3 Å². The minimum Gasteiger partial charge on any atom is -0.494 e. The van der Waals surface area contributed by atoms with Gasteiger partial charge in [0.15, 0.2) is 0 Å². The summed E-state index contributed by atoms with van der Waals surface area (Å²) in [6, 6.07) is 11.3. The Hall–Kier alpha value is -3.29. The predicted molar refractivity (Wildman–Crippen MR) is 123 cm³/mol. The quantitative estimate of drug-likeness (QED) is 0.437. The molecule has 1 saturated heterocycles. The highest BCUT2D eigenvalue weighted by Gasteiger charge is 2.29. The summed E-state index contributed by atoms with van der Waals surface area (Å²) in [5, 5.41) is 3.85. The highest BCUT2D eigenvalue weighted by atomic mass is 16.6. The van der Waals surface area contributed by atoms with E-state index in [1.807, 2.05) is 42.2 Å². The second-order valence-corrected chi connectivity index (χ2v) is 7.61. The number of anilines is 2. The number of nitrogen functional groups attached to an aromatic ring is 1. The fourth-order valence-electron chi connectivity index (χ4n) is 3.36. The average molecular weight is 426 g/mol. The molecule has 0 radical (unpaired) electrons. The highest BCUT2D eigenvalue weighted by molar-refractivity contribution is 5.94. The number of carbonyl (C=O) groups excluding carboxylic acids is 1. The molecule has 1 aliphatic heterocycles. The fourth-order valence-corrected chi connectivity index (χ4v) is 3.36. The number of benzene rings is 1. The van der Waals surface area contributed by atoms with Gasteiger partial charge in [0.05, 0.1) is 18.5 Å². The molecule has 1 aromatic heterocycles. The Balaban J connectivity index is 1.37. The summed E-state index contributed by atoms with van der Waals surface area (Å²) in [4.78, 5) is 25.3. The maximum atomic E-state index is 12.7. The van der Waals surface area contributed by atoms with Crippen molar-refractivity contribution in [1.29, 1.82) is 0 Å². The van der Waals surface area contributed by atoms with E-state index in [0.29, 0.717) is 31.5 Å². The Morgan fingerprint density at radius 1 is 1.23 bits per heavy atom. The first-order chi connectivity index (χ1) is 15.1. The van der Waals surface area contributed by atoms with E-state index < -0.39 is 0 Å². The average Bonchev–Trinajstić information content (AvgIpc) is 3.14. The lowest BCUT2D eigenvalue weighted by Gasteiger charge is -2.20. The molecule has 31 heavy (non-hydrogen) atoms. The Morgan fingerprint density at radius 3 is 2.77 bits per heavy atom. The zero-order chi connectivity index (χ0) is 22.1. The van der Waals surface area contributed by atoms with Gasteiger partial charge in [-0.2, -0.15) is 0 Å². The molecule has 0 aliphatic carbocycles. The molecule has 166 valence electrons. The van der Waals surface area contributed by atoms with Gasteiger partial charge in [0.1, 0.15) is 18.2 Å². The molecular weight excluding hydrogens is 394 g/mol. The van der Waals surface area contributed by atoms with Crippen molar-refractivity contribution in [3.8, 4) is 5.75 Å². The number of rotatable bonds is 11. The van der Waals surface area contributed by atoms with Gasteiger partial charge in [-0.05, 0) is 61.6 Å². The third kappa shape index (κ3) is 6.60. The summed E-state index contributed by atoms with van der Waals surface area (Å²) in [6.07, 6.45) is 5.18. The molecule has 2 aromatic rings. The van der Waals surface area contributed by atoms with Crippen LogP contribution in [0.2, 0.25) is 0 Å². The SMILES string of the molecule is CCO/N=C/c1ccc(OCCC(C)CCN2CCN(c3ccnc(N)c3)C2=O)cc1. The van der Waals surface area contributed by atoms with Gasteiger partial charge >= 0.3 is 6.03 Å². The second-order valence-electron chi connectivity index (χ2n) is 7.61. The predicted octanol–water partition coefficient (Wildman–Crippen LogP) is 3.77. The van der Waals surface area contributed by atoms with Crippen LogP contribution in [0.1, 0.15) is 32.3 Å². The van der Waals surface area contributed by atoms with Crippen LogP contribution in [0.25, 0.3) is 0 Å². The van der Waals surface area contributed by atoms with Gasteiger partial charge in [0.2, 0.25) is 0 Å². The lowest BCUT2D eigenvalue weighted by Crippen LogP contribution is -2.33. The number of urea groups is 1. The molecule has 1 aliphatic rings. The molecular formula is C23H31N5O3. The number of oxime groups is 1. The van der Waals surface area contributed by atoms with Crippen molar-refractivity contribution >= 4 is 23.8 Å². The van der Waals surface area contributed by atoms with Crippen LogP contribution < -0.4 is 15.4 Å². The summed E-state index contributed by atoms with van der Waals surface area (Å²) < 4.78 is 5.85. The van der Waals surface area contributed by atoms with Crippen LogP contribution in [0.3, 0.4) is 0 Å². The number of ether oxygens (including phenoxy) is 1. The van der Waals surface area contributed by atoms with E-state index in [1.165, 1.54) is 0 Å². The number of nitrogens with two attached hydrogens (primary N) is 1. The minimum atomic E-state index is 0.0296. The van der Waals surface area contributed by atoms with Gasteiger partial charge in [0, 0.05) is 31.9 Å². The van der Waals surface area contributed by atoms with E-state index in [4.69, 9.17) is 15.3 Å². The highest BCUT2D eigenvalue weighted by Crippen LogP contribution is 2.22. The van der Waals surface area contributed by atoms with Gasteiger partial charge in [-0.15, -0.1) is 0 Å². The largest absolute Gasteiger partial charge is 0.494 e. The van der Waals surface area contributed by atoms with Gasteiger partial charge < -0.3 is 20.2 Å². The number of pyridine rings is 1. The summed E-state index contributed by atoms with van der Waals surface area (Å²) in [7, 11) is 0. The van der Waals surface area contributed by atoms with Gasteiger partial charge in [-0.25, -0.2) is 9.78 Å². The first-order valence-electron chi connectivity index (χ1n) is 10.7. The summed E-state index contributed by atoms with van der Waals surface area (Å²) in [5.74, 6) is 1.71. The summed E-state index contributed by atoms with van der Waals surface area (Å²) >= 11 is 0. The van der Waals surface area contributed by atoms with Crippen molar-refractivity contribution in [2.45, 2.75) is 26.7 Å². The van der Waals surface area contributed by atoms with E-state index in [1.54, 1.807) is 23.4 Å². The molecule has 0 saturated carbocycles. The van der Waals surface area contributed by atoms with Crippen LogP contribution in [0, 0.1) is 5.92 Å². The van der Waals surface area contributed by atoms with Gasteiger partial charge in [-0.1, -0.05) is 12.1 Å². The number of hydrogen-bond acceptors (Lipinski definition) is 6. The Morgan fingerprint density at radius 2 is 2.03 bits per heavy atom. The fraction of sp³-hybridized carbons (Fsp3) is 0.435. The van der Waals surface area contributed by atoms with Crippen LogP contribution >= 0.6 is 0 Å². The van der Waals surface area contributed by atoms with Crippen LogP contribution in [-0.4, -0.2) is 55.0 Å². The molecule has 8 heteroatoms. The molecule has 2 amide bonds. The van der Waals surface area contributed by atoms with Crippen molar-refractivity contribution in [3.63, 3.8) is 0 Å². The number of hydrogen-bond donors (Lipinski definition) is 1. The molecule has 2 N–H and O–H groups in total. The zero-order valence-electron chi connectivity index (χ0n) is 18.2. The van der Waals surface area contributed by atoms with Crippen molar-refractivity contribution in [3.05, 3.63) is 48.2 Å². The first-order valence-corrected chi connectivity index (χ1v) is 10.7. The zero-order valence-corrected chi connectivity index (χ0v) is 18.2. The molecule has 8 nitrogen and oxygen atoms in total. The monoisotopic (exact) mass is 425 g/mol. The molecule has 1 atom stereocenters. The van der Waals surface area contributed by atoms with Crippen LogP contribution in [0.4, 0.5) is 16.3 Å². The molecule has 1 fully saturated rings. The maximum Gasteiger partial charge on any atom is 0.324 e. The van der Waals surface area contributed by atoms with Gasteiger partial charge in [-0.3, -0.25) is 4.90 Å². The second kappa shape index (κ2) is 11.2. The van der Waals surface area contributed by atoms with E-state index in [2.05, 4.69) is 17.1 Å². The number of amides is 2. The van der Waals surface area contributed by atoms with E-state index in [9.17, 15) is 4.79 Å². The first kappa shape index (κ1) is 22.4. The van der Waals surface area contributed by atoms with Crippen molar-refractivity contribution in [1.82, 2.24) is 9.88 Å². The normalized spacial score (nSPS) is 15.0. The van der Waals surface area contributed by atoms with Crippen molar-refractivity contribution in [2.75, 3.05) is 43.5 Å². The summed E-state index contributed by atoms with van der Waals surface area (Å²) in [6.45, 7) is 7.42. The van der Waals surface area contributed by atoms with E-state index >= 15 is 0 Å². The van der Waals surface area contributed by atoms with Crippen molar-refractivity contribution < 1.29 is 14.4 Å². The minimum absolute atomic E-state index is 0.0296. The van der Waals surface area contributed by atoms with E-state index in [0.717, 1.165) is 42.9 Å². The standard InChI is InChI=1S/C23H31N5O3/c1-3-31-26-17-19-4-6-21(7-5-19)30-15-10-18(2)9-12-27-13-14-28(23(27)29)20-8-11-25-22(24)16-20/h4-8,11,16-18H,3,9-10,12-15H2,1-2H3,(H2,24,25)/b26-17+. The Kier molecular flexibility index (Phi) is 8.09. The smallest absolute Gasteiger partial charge is 0.324 e. The number of nitrogens with zero attached hydrogens (tertiary/aromatic N) is 4. The molecule has 2 heterocycles. The number of aromatic nitrogens is 1. The van der Waals surface area contributed by atoms with Crippen molar-refractivity contribution in [2.24, 2.45) is 11.1 Å². The third-order valence-electron chi connectivity index (χ3n) is 5.23. The molecule has 0 spiro atoms. The lowest BCUT2D eigenvalue weighted by molar-refractivity contribution is 0.160. The van der Waals surface area contributed by atoms with Crippen LogP contribution in [-0.2, 0) is 4.84 Å². The Labute approximate surface area is 183 Å². The third-order valence-corrected chi connectivity index (χ3v) is 5.23. The lowest BCUT2D eigenvalue weighted by atomic mass is 10.0. The molecule has 0 bridgehead atoms. The number of carbonyl (C=O) groups is 1. The van der Waals surface area contributed by atoms with Gasteiger partial charge in [0.25, 0.3) is 0 Å².